The molecule has 7 N–H and O–H groups in total. The van der Waals surface area contributed by atoms with Crippen molar-refractivity contribution in [2.24, 2.45) is 17.2 Å². The highest BCUT2D eigenvalue weighted by molar-refractivity contribution is 6.39. The van der Waals surface area contributed by atoms with Gasteiger partial charge in [0.2, 0.25) is 0 Å². The van der Waals surface area contributed by atoms with E-state index in [9.17, 15) is 4.39 Å². The standard InChI is InChI=1S/C17H16ClFN4/c18-14(16(21)10-5-2-1-3-6-10)13(17(22)23)15(20)11-7-4-8-12(19)9-11/h1-9H,20-21H2,(H3,22,23)/b15-13?,16-14+. The minimum absolute atomic E-state index is 0.0467. The van der Waals surface area contributed by atoms with Crippen LogP contribution in [0.2, 0.25) is 0 Å². The SMILES string of the molecule is N=C(N)C(=C(N)c1cccc(F)c1)/C(Cl)=C(\N)c1ccccc1. The van der Waals surface area contributed by atoms with E-state index in [1.807, 2.05) is 6.07 Å². The Morgan fingerprint density at radius 1 is 0.870 bits per heavy atom. The summed E-state index contributed by atoms with van der Waals surface area (Å²) in [6.07, 6.45) is 0. The largest absolute Gasteiger partial charge is 0.398 e. The smallest absolute Gasteiger partial charge is 0.126 e. The highest BCUT2D eigenvalue weighted by atomic mass is 35.5. The van der Waals surface area contributed by atoms with Gasteiger partial charge in [0, 0.05) is 5.56 Å². The van der Waals surface area contributed by atoms with E-state index in [1.165, 1.54) is 18.2 Å². The molecule has 4 nitrogen and oxygen atoms in total. The van der Waals surface area contributed by atoms with Crippen molar-refractivity contribution in [2.45, 2.75) is 0 Å². The second-order valence-corrected chi connectivity index (χ2v) is 5.18. The van der Waals surface area contributed by atoms with Crippen molar-refractivity contribution in [3.63, 3.8) is 0 Å². The van der Waals surface area contributed by atoms with Gasteiger partial charge in [0.05, 0.1) is 22.0 Å². The summed E-state index contributed by atoms with van der Waals surface area (Å²) in [7, 11) is 0. The third kappa shape index (κ3) is 3.70. The van der Waals surface area contributed by atoms with Crippen LogP contribution in [-0.2, 0) is 0 Å². The molecule has 0 spiro atoms. The molecular formula is C17H16ClFN4. The number of hydrogen-bond acceptors (Lipinski definition) is 3. The molecule has 0 unspecified atom stereocenters. The number of nitrogens with one attached hydrogen (secondary N) is 1. The minimum atomic E-state index is -0.454. The van der Waals surface area contributed by atoms with Gasteiger partial charge in [-0.1, -0.05) is 54.1 Å². The van der Waals surface area contributed by atoms with Crippen molar-refractivity contribution in [3.8, 4) is 0 Å². The first-order chi connectivity index (χ1) is 10.9. The molecule has 0 saturated carbocycles. The van der Waals surface area contributed by atoms with Gasteiger partial charge >= 0.3 is 0 Å². The normalized spacial score (nSPS) is 13.1. The van der Waals surface area contributed by atoms with Crippen LogP contribution in [0, 0.1) is 11.2 Å². The van der Waals surface area contributed by atoms with E-state index in [4.69, 9.17) is 34.2 Å². The summed E-state index contributed by atoms with van der Waals surface area (Å²) in [6.45, 7) is 0. The van der Waals surface area contributed by atoms with Crippen LogP contribution in [0.1, 0.15) is 11.1 Å². The van der Waals surface area contributed by atoms with Crippen LogP contribution < -0.4 is 17.2 Å². The van der Waals surface area contributed by atoms with Crippen LogP contribution in [0.4, 0.5) is 4.39 Å². The van der Waals surface area contributed by atoms with E-state index >= 15 is 0 Å². The number of rotatable bonds is 4. The predicted octanol–water partition coefficient (Wildman–Crippen LogP) is 3.00. The maximum atomic E-state index is 13.4. The summed E-state index contributed by atoms with van der Waals surface area (Å²) in [4.78, 5) is 0. The molecule has 2 aromatic rings. The lowest BCUT2D eigenvalue weighted by Crippen LogP contribution is -2.19. The Kier molecular flexibility index (Phi) is 5.03. The lowest BCUT2D eigenvalue weighted by molar-refractivity contribution is 0.627. The van der Waals surface area contributed by atoms with E-state index in [1.54, 1.807) is 30.3 Å². The molecule has 0 aliphatic rings. The van der Waals surface area contributed by atoms with Gasteiger partial charge in [-0.15, -0.1) is 0 Å². The number of nitrogens with two attached hydrogens (primary N) is 3. The molecule has 6 heteroatoms. The van der Waals surface area contributed by atoms with Gasteiger partial charge in [0.25, 0.3) is 0 Å². The van der Waals surface area contributed by atoms with E-state index in [2.05, 4.69) is 0 Å². The van der Waals surface area contributed by atoms with Crippen molar-refractivity contribution in [1.29, 1.82) is 5.41 Å². The summed E-state index contributed by atoms with van der Waals surface area (Å²) in [5.74, 6) is -0.805. The quantitative estimate of drug-likeness (QED) is 0.393. The number of benzene rings is 2. The van der Waals surface area contributed by atoms with Gasteiger partial charge in [-0.25, -0.2) is 4.39 Å². The van der Waals surface area contributed by atoms with Crippen molar-refractivity contribution in [3.05, 3.63) is 82.1 Å². The van der Waals surface area contributed by atoms with Gasteiger partial charge in [-0.2, -0.15) is 0 Å². The summed E-state index contributed by atoms with van der Waals surface area (Å²) in [6, 6.07) is 14.6. The third-order valence-electron chi connectivity index (χ3n) is 3.22. The monoisotopic (exact) mass is 330 g/mol. The van der Waals surface area contributed by atoms with E-state index in [-0.39, 0.29) is 27.8 Å². The van der Waals surface area contributed by atoms with Crippen LogP contribution in [0.3, 0.4) is 0 Å². The molecule has 0 fully saturated rings. The number of amidine groups is 1. The zero-order chi connectivity index (χ0) is 17.0. The first-order valence-corrected chi connectivity index (χ1v) is 7.10. The lowest BCUT2D eigenvalue weighted by atomic mass is 10.0. The molecule has 23 heavy (non-hydrogen) atoms. The minimum Gasteiger partial charge on any atom is -0.398 e. The molecule has 2 aromatic carbocycles. The molecule has 0 aliphatic carbocycles. The topological polar surface area (TPSA) is 102 Å². The van der Waals surface area contributed by atoms with E-state index in [0.717, 1.165) is 0 Å². The van der Waals surface area contributed by atoms with E-state index < -0.39 is 5.82 Å². The maximum Gasteiger partial charge on any atom is 0.126 e. The molecule has 2 rings (SSSR count). The Bertz CT molecular complexity index is 797. The molecule has 0 bridgehead atoms. The Morgan fingerprint density at radius 2 is 1.48 bits per heavy atom. The molecule has 0 radical (unpaired) electrons. The molecule has 118 valence electrons. The summed E-state index contributed by atoms with van der Waals surface area (Å²) in [5.41, 5.74) is 19.1. The van der Waals surface area contributed by atoms with Gasteiger partial charge in [-0.05, 0) is 17.7 Å². The lowest BCUT2D eigenvalue weighted by Gasteiger charge is -2.13. The fourth-order valence-electron chi connectivity index (χ4n) is 2.06. The highest BCUT2D eigenvalue weighted by Gasteiger charge is 2.17. The van der Waals surface area contributed by atoms with Crippen molar-refractivity contribution < 1.29 is 4.39 Å². The zero-order valence-electron chi connectivity index (χ0n) is 12.2. The first-order valence-electron chi connectivity index (χ1n) is 6.73. The van der Waals surface area contributed by atoms with Crippen molar-refractivity contribution >= 4 is 28.8 Å². The third-order valence-corrected chi connectivity index (χ3v) is 3.61. The molecule has 0 amide bonds. The van der Waals surface area contributed by atoms with Crippen LogP contribution in [-0.4, -0.2) is 5.84 Å². The molecular weight excluding hydrogens is 315 g/mol. The van der Waals surface area contributed by atoms with Crippen LogP contribution in [0.5, 0.6) is 0 Å². The summed E-state index contributed by atoms with van der Waals surface area (Å²) in [5, 5.41) is 7.79. The van der Waals surface area contributed by atoms with Gasteiger partial charge in [-0.3, -0.25) is 5.41 Å². The van der Waals surface area contributed by atoms with Gasteiger partial charge < -0.3 is 17.2 Å². The predicted molar refractivity (Wildman–Crippen MR) is 92.8 cm³/mol. The fourth-order valence-corrected chi connectivity index (χ4v) is 2.37. The Balaban J connectivity index is 2.62. The van der Waals surface area contributed by atoms with Crippen molar-refractivity contribution in [1.82, 2.24) is 0 Å². The molecule has 0 atom stereocenters. The zero-order valence-corrected chi connectivity index (χ0v) is 12.9. The van der Waals surface area contributed by atoms with Crippen LogP contribution >= 0.6 is 11.6 Å². The Labute approximate surface area is 138 Å². The Morgan fingerprint density at radius 3 is 2.04 bits per heavy atom. The Hall–Kier alpha value is -2.79. The first kappa shape index (κ1) is 16.6. The highest BCUT2D eigenvalue weighted by Crippen LogP contribution is 2.28. The fraction of sp³-hybridized carbons (Fsp3) is 0. The molecule has 0 aromatic heterocycles. The van der Waals surface area contributed by atoms with Crippen LogP contribution in [0.25, 0.3) is 11.4 Å². The average Bonchev–Trinajstić information content (AvgIpc) is 2.54. The number of halogens is 2. The van der Waals surface area contributed by atoms with E-state index in [0.29, 0.717) is 11.1 Å². The summed E-state index contributed by atoms with van der Waals surface area (Å²) >= 11 is 6.31. The second-order valence-electron chi connectivity index (χ2n) is 4.81. The van der Waals surface area contributed by atoms with Crippen molar-refractivity contribution in [2.75, 3.05) is 0 Å². The molecule has 0 aliphatic heterocycles. The van der Waals surface area contributed by atoms with Gasteiger partial charge in [0.15, 0.2) is 0 Å². The number of hydrogen-bond donors (Lipinski definition) is 4. The van der Waals surface area contributed by atoms with Gasteiger partial charge in [0.1, 0.15) is 11.7 Å². The summed E-state index contributed by atoms with van der Waals surface area (Å²) < 4.78 is 13.4. The van der Waals surface area contributed by atoms with Crippen LogP contribution in [0.15, 0.2) is 65.2 Å². The molecule has 0 saturated heterocycles. The second kappa shape index (κ2) is 6.98. The average molecular weight is 331 g/mol. The molecule has 0 heterocycles. The maximum absolute atomic E-state index is 13.4.